The Hall–Kier alpha value is -3.92. The predicted octanol–water partition coefficient (Wildman–Crippen LogP) is 4.52. The largest absolute Gasteiger partial charge is 0.493 e. The number of anilines is 2. The highest BCUT2D eigenvalue weighted by molar-refractivity contribution is 7.92. The maximum atomic E-state index is 15.6. The van der Waals surface area contributed by atoms with Gasteiger partial charge in [-0.2, -0.15) is 31.0 Å². The topological polar surface area (TPSA) is 95.9 Å². The van der Waals surface area contributed by atoms with Crippen LogP contribution < -0.4 is 9.37 Å². The van der Waals surface area contributed by atoms with Gasteiger partial charge in [-0.1, -0.05) is 28.7 Å². The highest BCUT2D eigenvalue weighted by Crippen LogP contribution is 2.32. The molecule has 42 heavy (non-hydrogen) atoms. The maximum Gasteiger partial charge on any atom is 0.493 e. The minimum Gasteiger partial charge on any atom is -0.370 e. The Morgan fingerprint density at radius 1 is 1.07 bits per heavy atom. The fraction of sp³-hybridized carbons (Fsp3) is 0.346. The molecule has 3 aromatic rings. The molecule has 0 bridgehead atoms. The molecular formula is C26H25F6N5O4S. The number of carbonyl (C=O) groups is 1. The van der Waals surface area contributed by atoms with E-state index in [1.54, 1.807) is 30.1 Å². The summed E-state index contributed by atoms with van der Waals surface area (Å²) in [6.07, 6.45) is -3.39. The van der Waals surface area contributed by atoms with Crippen molar-refractivity contribution in [3.63, 3.8) is 0 Å². The number of nitrogens with zero attached hydrogens (tertiary/aromatic N) is 5. The van der Waals surface area contributed by atoms with Gasteiger partial charge in [-0.05, 0) is 38.0 Å². The average molecular weight is 618 g/mol. The number of aromatic nitrogens is 2. The van der Waals surface area contributed by atoms with E-state index in [1.807, 2.05) is 0 Å². The normalized spacial score (nSPS) is 15.0. The SMILES string of the molecule is Cc1c(N(C)C2CCN(Cc3ccccc3F)CC2)cnc(S(=O)(=O)N(OC(=O)C(F)(F)F)c2cccc(F)n2)c1F. The number of hydrogen-bond acceptors (Lipinski definition) is 8. The van der Waals surface area contributed by atoms with Gasteiger partial charge in [0.1, 0.15) is 5.82 Å². The van der Waals surface area contributed by atoms with Crippen LogP contribution >= 0.6 is 0 Å². The molecule has 1 aliphatic heterocycles. The number of piperidine rings is 1. The molecular weight excluding hydrogens is 592 g/mol. The van der Waals surface area contributed by atoms with Crippen molar-refractivity contribution in [1.29, 1.82) is 0 Å². The van der Waals surface area contributed by atoms with Crippen molar-refractivity contribution in [3.05, 3.63) is 77.4 Å². The van der Waals surface area contributed by atoms with Crippen LogP contribution in [0, 0.1) is 24.5 Å². The number of halogens is 6. The fourth-order valence-electron chi connectivity index (χ4n) is 4.53. The van der Waals surface area contributed by atoms with E-state index in [0.717, 1.165) is 24.4 Å². The van der Waals surface area contributed by atoms with Gasteiger partial charge in [-0.25, -0.2) is 18.6 Å². The first-order chi connectivity index (χ1) is 19.7. The van der Waals surface area contributed by atoms with Crippen molar-refractivity contribution in [1.82, 2.24) is 14.9 Å². The van der Waals surface area contributed by atoms with E-state index >= 15 is 4.39 Å². The molecule has 1 aliphatic rings. The highest BCUT2D eigenvalue weighted by atomic mass is 32.2. The molecule has 0 spiro atoms. The van der Waals surface area contributed by atoms with Gasteiger partial charge in [0.05, 0.1) is 11.9 Å². The van der Waals surface area contributed by atoms with Crippen molar-refractivity contribution < 1.29 is 44.4 Å². The van der Waals surface area contributed by atoms with Crippen LogP contribution in [0.4, 0.5) is 37.8 Å². The molecule has 4 rings (SSSR count). The van der Waals surface area contributed by atoms with Gasteiger partial charge in [-0.15, -0.1) is 0 Å². The lowest BCUT2D eigenvalue weighted by Crippen LogP contribution is -2.43. The van der Waals surface area contributed by atoms with Gasteiger partial charge in [0.2, 0.25) is 11.0 Å². The molecule has 1 aromatic carbocycles. The molecule has 226 valence electrons. The maximum absolute atomic E-state index is 15.6. The van der Waals surface area contributed by atoms with Gasteiger partial charge in [-0.3, -0.25) is 4.90 Å². The van der Waals surface area contributed by atoms with Crippen LogP contribution in [0.5, 0.6) is 0 Å². The quantitative estimate of drug-likeness (QED) is 0.207. The third-order valence-electron chi connectivity index (χ3n) is 6.79. The summed E-state index contributed by atoms with van der Waals surface area (Å²) in [4.78, 5) is 26.1. The Balaban J connectivity index is 1.56. The summed E-state index contributed by atoms with van der Waals surface area (Å²) < 4.78 is 108. The number of likely N-dealkylation sites (tertiary alicyclic amines) is 1. The third-order valence-corrected chi connectivity index (χ3v) is 8.26. The number of carbonyl (C=O) groups excluding carboxylic acids is 1. The van der Waals surface area contributed by atoms with E-state index in [2.05, 4.69) is 19.7 Å². The second kappa shape index (κ2) is 12.1. The first-order valence-electron chi connectivity index (χ1n) is 12.5. The van der Waals surface area contributed by atoms with Crippen LogP contribution in [0.2, 0.25) is 0 Å². The zero-order chi connectivity index (χ0) is 30.8. The molecule has 0 N–H and O–H groups in total. The zero-order valence-electron chi connectivity index (χ0n) is 22.3. The molecule has 0 unspecified atom stereocenters. The van der Waals surface area contributed by atoms with Gasteiger partial charge < -0.3 is 9.74 Å². The number of pyridine rings is 2. The van der Waals surface area contributed by atoms with Crippen LogP contribution in [0.25, 0.3) is 0 Å². The van der Waals surface area contributed by atoms with Crippen molar-refractivity contribution in [2.24, 2.45) is 0 Å². The van der Waals surface area contributed by atoms with E-state index in [-0.39, 0.29) is 23.1 Å². The van der Waals surface area contributed by atoms with E-state index in [0.29, 0.717) is 38.0 Å². The molecule has 0 radical (unpaired) electrons. The number of rotatable bonds is 8. The van der Waals surface area contributed by atoms with Crippen LogP contribution in [0.15, 0.2) is 53.7 Å². The van der Waals surface area contributed by atoms with E-state index in [4.69, 9.17) is 0 Å². The summed E-state index contributed by atoms with van der Waals surface area (Å²) in [6, 6.07) is 8.74. The molecule has 1 saturated heterocycles. The lowest BCUT2D eigenvalue weighted by Gasteiger charge is -2.38. The number of benzene rings is 1. The van der Waals surface area contributed by atoms with Gasteiger partial charge in [0, 0.05) is 43.9 Å². The molecule has 0 atom stereocenters. The molecule has 0 saturated carbocycles. The highest BCUT2D eigenvalue weighted by Gasteiger charge is 2.46. The first kappa shape index (κ1) is 31.0. The first-order valence-corrected chi connectivity index (χ1v) is 13.9. The van der Waals surface area contributed by atoms with Crippen molar-refractivity contribution >= 4 is 27.5 Å². The summed E-state index contributed by atoms with van der Waals surface area (Å²) >= 11 is 0. The molecule has 0 amide bonds. The summed E-state index contributed by atoms with van der Waals surface area (Å²) in [5.41, 5.74) is 0.572. The Morgan fingerprint density at radius 3 is 2.36 bits per heavy atom. The Labute approximate surface area is 237 Å². The standard InChI is InChI=1S/C26H25F6N5O4S/c1-16-20(35(2)18-10-12-36(13-11-18)15-17-6-3-4-7-19(17)27)14-33-24(23(16)29)42(39,40)37(41-25(38)26(30,31)32)22-9-5-8-21(28)34-22/h3-9,14,18H,10-13,15H2,1-2H3. The Morgan fingerprint density at radius 2 is 1.74 bits per heavy atom. The van der Waals surface area contributed by atoms with Crippen LogP contribution in [0.3, 0.4) is 0 Å². The van der Waals surface area contributed by atoms with Crippen molar-refractivity contribution in [2.75, 3.05) is 29.5 Å². The monoisotopic (exact) mass is 617 g/mol. The van der Waals surface area contributed by atoms with E-state index in [1.165, 1.54) is 13.0 Å². The molecule has 9 nitrogen and oxygen atoms in total. The Kier molecular flexibility index (Phi) is 8.96. The second-order valence-corrected chi connectivity index (χ2v) is 11.2. The lowest BCUT2D eigenvalue weighted by atomic mass is 10.0. The van der Waals surface area contributed by atoms with Crippen molar-refractivity contribution in [3.8, 4) is 0 Å². The fourth-order valence-corrected chi connectivity index (χ4v) is 5.77. The minimum atomic E-state index is -5.64. The molecule has 3 heterocycles. The summed E-state index contributed by atoms with van der Waals surface area (Å²) in [7, 11) is -3.81. The van der Waals surface area contributed by atoms with Crippen LogP contribution in [-0.4, -0.2) is 61.6 Å². The number of sulfonamides is 1. The van der Waals surface area contributed by atoms with E-state index < -0.39 is 49.2 Å². The summed E-state index contributed by atoms with van der Waals surface area (Å²) in [5.74, 6) is -7.07. The van der Waals surface area contributed by atoms with Crippen LogP contribution in [-0.2, 0) is 26.2 Å². The van der Waals surface area contributed by atoms with Gasteiger partial charge in [0.15, 0.2) is 11.6 Å². The van der Waals surface area contributed by atoms with Gasteiger partial charge >= 0.3 is 22.2 Å². The number of hydrogen-bond donors (Lipinski definition) is 0. The summed E-state index contributed by atoms with van der Waals surface area (Å²) in [6.45, 7) is 2.87. The molecule has 0 aliphatic carbocycles. The summed E-state index contributed by atoms with van der Waals surface area (Å²) in [5, 5.41) is -1.36. The Bertz CT molecular complexity index is 1560. The molecule has 1 fully saturated rings. The predicted molar refractivity (Wildman–Crippen MR) is 138 cm³/mol. The smallest absolute Gasteiger partial charge is 0.370 e. The third kappa shape index (κ3) is 6.59. The second-order valence-electron chi connectivity index (χ2n) is 9.52. The van der Waals surface area contributed by atoms with E-state index in [9.17, 15) is 35.2 Å². The lowest BCUT2D eigenvalue weighted by molar-refractivity contribution is -0.199. The average Bonchev–Trinajstić information content (AvgIpc) is 2.93. The zero-order valence-corrected chi connectivity index (χ0v) is 23.1. The minimum absolute atomic E-state index is 0.120. The number of alkyl halides is 3. The van der Waals surface area contributed by atoms with Crippen molar-refractivity contribution in [2.45, 2.75) is 43.6 Å². The molecule has 16 heteroatoms. The van der Waals surface area contributed by atoms with Gasteiger partial charge in [0.25, 0.3) is 0 Å². The van der Waals surface area contributed by atoms with Crippen LogP contribution in [0.1, 0.15) is 24.0 Å². The molecule has 2 aromatic heterocycles.